The highest BCUT2D eigenvalue weighted by atomic mass is 32.2. The van der Waals surface area contributed by atoms with Crippen LogP contribution < -0.4 is 10.1 Å². The minimum atomic E-state index is -3.24. The van der Waals surface area contributed by atoms with E-state index in [1.54, 1.807) is 17.0 Å². The van der Waals surface area contributed by atoms with Crippen LogP contribution >= 0.6 is 0 Å². The molecule has 0 aromatic heterocycles. The molecule has 0 saturated carbocycles. The fraction of sp³-hybridized carbons (Fsp3) is 0.316. The Kier molecular flexibility index (Phi) is 5.46. The number of para-hydroxylation sites is 1. The van der Waals surface area contributed by atoms with Crippen LogP contribution in [0, 0.1) is 0 Å². The third-order valence-electron chi connectivity index (χ3n) is 4.31. The first kappa shape index (κ1) is 18.3. The number of rotatable bonds is 4. The molecule has 0 spiro atoms. The average Bonchev–Trinajstić information content (AvgIpc) is 2.63. The fourth-order valence-corrected chi connectivity index (χ4v) is 3.49. The molecule has 0 bridgehead atoms. The first-order valence-electron chi connectivity index (χ1n) is 8.49. The van der Waals surface area contributed by atoms with Crippen molar-refractivity contribution in [1.82, 2.24) is 4.90 Å². The van der Waals surface area contributed by atoms with Gasteiger partial charge < -0.3 is 15.0 Å². The molecule has 0 unspecified atom stereocenters. The van der Waals surface area contributed by atoms with Gasteiger partial charge in [-0.05, 0) is 36.4 Å². The van der Waals surface area contributed by atoms with Crippen LogP contribution in [-0.4, -0.2) is 44.8 Å². The number of carbonyl (C=O) groups excluding carboxylic acids is 1. The molecule has 2 amide bonds. The van der Waals surface area contributed by atoms with Crippen LogP contribution in [0.5, 0.6) is 5.75 Å². The lowest BCUT2D eigenvalue weighted by Gasteiger charge is -2.32. The Morgan fingerprint density at radius 2 is 1.65 bits per heavy atom. The summed E-state index contributed by atoms with van der Waals surface area (Å²) >= 11 is 0. The normalized spacial score (nSPS) is 15.5. The van der Waals surface area contributed by atoms with E-state index in [0.29, 0.717) is 18.8 Å². The number of piperidine rings is 1. The predicted molar refractivity (Wildman–Crippen MR) is 100 cm³/mol. The van der Waals surface area contributed by atoms with Crippen LogP contribution in [0.4, 0.5) is 10.5 Å². The minimum Gasteiger partial charge on any atom is -0.490 e. The molecule has 6 nitrogen and oxygen atoms in total. The van der Waals surface area contributed by atoms with Crippen molar-refractivity contribution < 1.29 is 17.9 Å². The maximum atomic E-state index is 12.4. The molecule has 138 valence electrons. The number of likely N-dealkylation sites (tertiary alicyclic amines) is 1. The summed E-state index contributed by atoms with van der Waals surface area (Å²) in [4.78, 5) is 14.3. The molecule has 2 aromatic carbocycles. The predicted octanol–water partition coefficient (Wildman–Crippen LogP) is 3.17. The number of amides is 2. The van der Waals surface area contributed by atoms with Gasteiger partial charge in [0.25, 0.3) is 0 Å². The van der Waals surface area contributed by atoms with E-state index in [-0.39, 0.29) is 17.0 Å². The summed E-state index contributed by atoms with van der Waals surface area (Å²) in [5.41, 5.74) is 0.574. The van der Waals surface area contributed by atoms with Crippen molar-refractivity contribution in [2.45, 2.75) is 23.8 Å². The highest BCUT2D eigenvalue weighted by molar-refractivity contribution is 7.90. The number of sulfone groups is 1. The Balaban J connectivity index is 1.50. The summed E-state index contributed by atoms with van der Waals surface area (Å²) in [6.07, 6.45) is 2.81. The van der Waals surface area contributed by atoms with Gasteiger partial charge in [-0.1, -0.05) is 18.2 Å². The van der Waals surface area contributed by atoms with Crippen molar-refractivity contribution in [2.75, 3.05) is 24.7 Å². The molecule has 1 saturated heterocycles. The van der Waals surface area contributed by atoms with Crippen LogP contribution in [0.15, 0.2) is 59.5 Å². The molecule has 2 aromatic rings. The van der Waals surface area contributed by atoms with Gasteiger partial charge in [0, 0.05) is 37.9 Å². The smallest absolute Gasteiger partial charge is 0.321 e. The lowest BCUT2D eigenvalue weighted by molar-refractivity contribution is 0.115. The van der Waals surface area contributed by atoms with E-state index >= 15 is 0 Å². The van der Waals surface area contributed by atoms with Gasteiger partial charge in [-0.2, -0.15) is 0 Å². The van der Waals surface area contributed by atoms with E-state index in [2.05, 4.69) is 5.32 Å². The molecule has 3 rings (SSSR count). The van der Waals surface area contributed by atoms with Gasteiger partial charge in [0.1, 0.15) is 11.9 Å². The Hall–Kier alpha value is -2.54. The molecular weight excluding hydrogens is 352 g/mol. The van der Waals surface area contributed by atoms with Crippen molar-refractivity contribution in [3.05, 3.63) is 54.6 Å². The fourth-order valence-electron chi connectivity index (χ4n) is 2.86. The number of nitrogens with zero attached hydrogens (tertiary/aromatic N) is 1. The summed E-state index contributed by atoms with van der Waals surface area (Å²) in [6.45, 7) is 1.23. The number of nitrogens with one attached hydrogen (secondary N) is 1. The van der Waals surface area contributed by atoms with Crippen molar-refractivity contribution in [3.8, 4) is 5.75 Å². The van der Waals surface area contributed by atoms with Crippen LogP contribution in [0.1, 0.15) is 12.8 Å². The molecule has 1 fully saturated rings. The molecule has 1 N–H and O–H groups in total. The molecule has 0 radical (unpaired) electrons. The zero-order valence-corrected chi connectivity index (χ0v) is 15.4. The first-order valence-corrected chi connectivity index (χ1v) is 10.4. The van der Waals surface area contributed by atoms with E-state index in [4.69, 9.17) is 4.74 Å². The van der Waals surface area contributed by atoms with E-state index in [1.807, 2.05) is 30.3 Å². The van der Waals surface area contributed by atoms with Crippen LogP contribution in [0.25, 0.3) is 0 Å². The highest BCUT2D eigenvalue weighted by Crippen LogP contribution is 2.20. The van der Waals surface area contributed by atoms with E-state index in [1.165, 1.54) is 12.1 Å². The summed E-state index contributed by atoms with van der Waals surface area (Å²) in [6, 6.07) is 15.7. The number of hydrogen-bond donors (Lipinski definition) is 1. The average molecular weight is 374 g/mol. The molecule has 0 atom stereocenters. The standard InChI is InChI=1S/C19H22N2O4S/c1-26(23,24)18-9-7-15(8-10-18)20-19(22)21-13-11-17(12-14-21)25-16-5-3-2-4-6-16/h2-10,17H,11-14H2,1H3,(H,20,22). The van der Waals surface area contributed by atoms with Crippen molar-refractivity contribution in [1.29, 1.82) is 0 Å². The number of carbonyl (C=O) groups is 1. The number of ether oxygens (including phenoxy) is 1. The molecule has 7 heteroatoms. The zero-order chi connectivity index (χ0) is 18.6. The Labute approximate surface area is 153 Å². The van der Waals surface area contributed by atoms with E-state index < -0.39 is 9.84 Å². The zero-order valence-electron chi connectivity index (χ0n) is 14.6. The van der Waals surface area contributed by atoms with Gasteiger partial charge >= 0.3 is 6.03 Å². The van der Waals surface area contributed by atoms with Gasteiger partial charge in [0.15, 0.2) is 9.84 Å². The monoisotopic (exact) mass is 374 g/mol. The van der Waals surface area contributed by atoms with Crippen molar-refractivity contribution in [3.63, 3.8) is 0 Å². The quantitative estimate of drug-likeness (QED) is 0.892. The van der Waals surface area contributed by atoms with Crippen molar-refractivity contribution >= 4 is 21.6 Å². The van der Waals surface area contributed by atoms with E-state index in [9.17, 15) is 13.2 Å². The third kappa shape index (κ3) is 4.76. The second-order valence-electron chi connectivity index (χ2n) is 6.34. The number of anilines is 1. The van der Waals surface area contributed by atoms with Crippen LogP contribution in [0.2, 0.25) is 0 Å². The summed E-state index contributed by atoms with van der Waals surface area (Å²) in [5, 5.41) is 2.81. The third-order valence-corrected chi connectivity index (χ3v) is 5.44. The van der Waals surface area contributed by atoms with Crippen LogP contribution in [-0.2, 0) is 9.84 Å². The summed E-state index contributed by atoms with van der Waals surface area (Å²) < 4.78 is 28.9. The second kappa shape index (κ2) is 7.78. The molecule has 1 aliphatic rings. The molecule has 26 heavy (non-hydrogen) atoms. The Morgan fingerprint density at radius 1 is 1.04 bits per heavy atom. The number of benzene rings is 2. The van der Waals surface area contributed by atoms with Gasteiger partial charge in [0.05, 0.1) is 4.90 Å². The molecule has 0 aliphatic carbocycles. The number of hydrogen-bond acceptors (Lipinski definition) is 4. The molecule has 1 heterocycles. The van der Waals surface area contributed by atoms with Gasteiger partial charge in [-0.3, -0.25) is 0 Å². The SMILES string of the molecule is CS(=O)(=O)c1ccc(NC(=O)N2CCC(Oc3ccccc3)CC2)cc1. The largest absolute Gasteiger partial charge is 0.490 e. The second-order valence-corrected chi connectivity index (χ2v) is 8.36. The highest BCUT2D eigenvalue weighted by Gasteiger charge is 2.24. The Morgan fingerprint density at radius 3 is 2.23 bits per heavy atom. The maximum absolute atomic E-state index is 12.4. The number of urea groups is 1. The molecular formula is C19H22N2O4S. The summed E-state index contributed by atoms with van der Waals surface area (Å²) in [7, 11) is -3.24. The van der Waals surface area contributed by atoms with Crippen LogP contribution in [0.3, 0.4) is 0 Å². The lowest BCUT2D eigenvalue weighted by atomic mass is 10.1. The van der Waals surface area contributed by atoms with Gasteiger partial charge in [0.2, 0.25) is 0 Å². The molecule has 1 aliphatic heterocycles. The summed E-state index contributed by atoms with van der Waals surface area (Å²) in [5.74, 6) is 0.848. The van der Waals surface area contributed by atoms with Gasteiger partial charge in [-0.15, -0.1) is 0 Å². The topological polar surface area (TPSA) is 75.7 Å². The first-order chi connectivity index (χ1) is 12.4. The van der Waals surface area contributed by atoms with E-state index in [0.717, 1.165) is 24.8 Å². The van der Waals surface area contributed by atoms with Crippen molar-refractivity contribution in [2.24, 2.45) is 0 Å². The lowest BCUT2D eigenvalue weighted by Crippen LogP contribution is -2.43. The minimum absolute atomic E-state index is 0.107. The van der Waals surface area contributed by atoms with Gasteiger partial charge in [-0.25, -0.2) is 13.2 Å². The maximum Gasteiger partial charge on any atom is 0.321 e. The Bertz CT molecular complexity index is 843.